The summed E-state index contributed by atoms with van der Waals surface area (Å²) < 4.78 is 11.2. The van der Waals surface area contributed by atoms with Crippen molar-refractivity contribution in [2.75, 3.05) is 11.9 Å². The van der Waals surface area contributed by atoms with Gasteiger partial charge in [-0.1, -0.05) is 119 Å². The Balaban J connectivity index is 2.20. The van der Waals surface area contributed by atoms with Crippen molar-refractivity contribution in [1.29, 1.82) is 0 Å². The van der Waals surface area contributed by atoms with Gasteiger partial charge in [0.25, 0.3) is 5.79 Å². The van der Waals surface area contributed by atoms with Gasteiger partial charge in [0.1, 0.15) is 11.6 Å². The number of nitrogens with zero attached hydrogens (tertiary/aromatic N) is 1. The number of phenols is 1. The number of cyclic esters (lactones) is 2. The molecule has 3 rings (SSSR count). The predicted octanol–water partition coefficient (Wildman–Crippen LogP) is 9.51. The minimum atomic E-state index is -1.37. The standard InChI is InChI=1S/C40H60N2O5/c1-13-14-15-16-17-22-42(26-28-20-18-27(19-21-28)25-37(2,3)4)34(32-35(44)46-40(11,12)47-36(32)45)41-29-23-30(38(5,6)7)33(43)31(24-29)39(8,9)10/h18-21,23-24,41,43H,13-17,22,25-26H2,1-12H3. The third-order valence-electron chi connectivity index (χ3n) is 8.29. The highest BCUT2D eigenvalue weighted by Crippen LogP contribution is 2.42. The second-order valence-corrected chi connectivity index (χ2v) is 16.8. The van der Waals surface area contributed by atoms with E-state index in [4.69, 9.17) is 9.47 Å². The maximum atomic E-state index is 13.6. The molecule has 2 N–H and O–H groups in total. The summed E-state index contributed by atoms with van der Waals surface area (Å²) >= 11 is 0. The first-order chi connectivity index (χ1) is 21.6. The van der Waals surface area contributed by atoms with Crippen molar-refractivity contribution in [1.82, 2.24) is 4.90 Å². The van der Waals surface area contributed by atoms with Gasteiger partial charge in [0.05, 0.1) is 0 Å². The van der Waals surface area contributed by atoms with Crippen LogP contribution in [0.15, 0.2) is 47.8 Å². The van der Waals surface area contributed by atoms with Crippen molar-refractivity contribution < 1.29 is 24.2 Å². The van der Waals surface area contributed by atoms with Gasteiger partial charge >= 0.3 is 11.9 Å². The minimum absolute atomic E-state index is 0.162. The Morgan fingerprint density at radius 3 is 1.74 bits per heavy atom. The van der Waals surface area contributed by atoms with Gasteiger partial charge < -0.3 is 24.8 Å². The molecule has 0 spiro atoms. The highest BCUT2D eigenvalue weighted by molar-refractivity contribution is 6.16. The van der Waals surface area contributed by atoms with Gasteiger partial charge in [0.2, 0.25) is 0 Å². The summed E-state index contributed by atoms with van der Waals surface area (Å²) in [6.45, 7) is 25.4. The number of carbonyl (C=O) groups excluding carboxylic acids is 2. The van der Waals surface area contributed by atoms with Gasteiger partial charge in [0, 0.05) is 43.8 Å². The van der Waals surface area contributed by atoms with E-state index < -0.39 is 17.7 Å². The van der Waals surface area contributed by atoms with Crippen molar-refractivity contribution in [2.45, 2.75) is 145 Å². The number of rotatable bonds is 12. The average molecular weight is 649 g/mol. The zero-order valence-corrected chi connectivity index (χ0v) is 31.1. The van der Waals surface area contributed by atoms with E-state index in [0.717, 1.165) is 55.2 Å². The Morgan fingerprint density at radius 2 is 1.28 bits per heavy atom. The summed E-state index contributed by atoms with van der Waals surface area (Å²) in [7, 11) is 0. The molecule has 1 heterocycles. The molecular formula is C40H60N2O5. The maximum absolute atomic E-state index is 13.6. The molecule has 2 aromatic rings. The van der Waals surface area contributed by atoms with E-state index in [1.165, 1.54) is 5.56 Å². The molecule has 260 valence electrons. The number of nitrogens with one attached hydrogen (secondary N) is 1. The topological polar surface area (TPSA) is 88.1 Å². The highest BCUT2D eigenvalue weighted by atomic mass is 16.7. The van der Waals surface area contributed by atoms with Crippen LogP contribution < -0.4 is 5.32 Å². The molecule has 1 saturated heterocycles. The molecule has 2 aromatic carbocycles. The van der Waals surface area contributed by atoms with Crippen LogP contribution in [-0.4, -0.2) is 34.3 Å². The molecular weight excluding hydrogens is 588 g/mol. The molecule has 47 heavy (non-hydrogen) atoms. The molecule has 0 bridgehead atoms. The smallest absolute Gasteiger partial charge is 0.352 e. The lowest BCUT2D eigenvalue weighted by atomic mass is 9.79. The van der Waals surface area contributed by atoms with Gasteiger partial charge in [-0.05, 0) is 52.3 Å². The number of benzene rings is 2. The fourth-order valence-electron chi connectivity index (χ4n) is 5.90. The average Bonchev–Trinajstić information content (AvgIpc) is 2.90. The number of carbonyl (C=O) groups is 2. The van der Waals surface area contributed by atoms with Gasteiger partial charge in [-0.3, -0.25) is 0 Å². The van der Waals surface area contributed by atoms with Crippen molar-refractivity contribution >= 4 is 17.6 Å². The summed E-state index contributed by atoms with van der Waals surface area (Å²) in [6, 6.07) is 12.4. The van der Waals surface area contributed by atoms with Crippen LogP contribution in [-0.2, 0) is 42.9 Å². The van der Waals surface area contributed by atoms with Crippen LogP contribution >= 0.6 is 0 Å². The number of esters is 2. The van der Waals surface area contributed by atoms with E-state index in [-0.39, 0.29) is 27.6 Å². The Labute approximate surface area is 284 Å². The Morgan fingerprint density at radius 1 is 0.787 bits per heavy atom. The van der Waals surface area contributed by atoms with E-state index in [2.05, 4.69) is 104 Å². The molecule has 0 aliphatic carbocycles. The Kier molecular flexibility index (Phi) is 11.9. The molecule has 1 fully saturated rings. The lowest BCUT2D eigenvalue weighted by Crippen LogP contribution is -2.44. The van der Waals surface area contributed by atoms with E-state index in [9.17, 15) is 14.7 Å². The Bertz CT molecular complexity index is 1380. The van der Waals surface area contributed by atoms with E-state index in [1.807, 2.05) is 12.1 Å². The third kappa shape index (κ3) is 10.8. The van der Waals surface area contributed by atoms with Crippen molar-refractivity contribution in [3.63, 3.8) is 0 Å². The third-order valence-corrected chi connectivity index (χ3v) is 8.29. The molecule has 0 saturated carbocycles. The van der Waals surface area contributed by atoms with Crippen LogP contribution in [0.2, 0.25) is 0 Å². The van der Waals surface area contributed by atoms with E-state index in [0.29, 0.717) is 24.6 Å². The normalized spacial score (nSPS) is 15.3. The quantitative estimate of drug-likeness (QED) is 0.0779. The first-order valence-electron chi connectivity index (χ1n) is 17.3. The van der Waals surface area contributed by atoms with Crippen LogP contribution in [0.3, 0.4) is 0 Å². The first-order valence-corrected chi connectivity index (χ1v) is 17.3. The SMILES string of the molecule is CCCCCCCN(Cc1ccc(CC(C)(C)C)cc1)C(Nc1cc(C(C)(C)C)c(O)c(C(C)(C)C)c1)=C1C(=O)OC(C)(C)OC1=O. The predicted molar refractivity (Wildman–Crippen MR) is 191 cm³/mol. The minimum Gasteiger partial charge on any atom is -0.507 e. The number of phenolic OH excluding ortho intramolecular Hbond substituents is 1. The van der Waals surface area contributed by atoms with Gasteiger partial charge in [0.15, 0.2) is 5.57 Å². The van der Waals surface area contributed by atoms with Crippen LogP contribution in [0.25, 0.3) is 0 Å². The number of hydrogen-bond acceptors (Lipinski definition) is 7. The lowest BCUT2D eigenvalue weighted by Gasteiger charge is -2.35. The second-order valence-electron chi connectivity index (χ2n) is 16.8. The van der Waals surface area contributed by atoms with Crippen molar-refractivity contribution in [2.24, 2.45) is 5.41 Å². The maximum Gasteiger partial charge on any atom is 0.352 e. The molecule has 7 heteroatoms. The van der Waals surface area contributed by atoms with Crippen LogP contribution in [0.5, 0.6) is 5.75 Å². The van der Waals surface area contributed by atoms with E-state index >= 15 is 0 Å². The molecule has 0 radical (unpaired) electrons. The van der Waals surface area contributed by atoms with Gasteiger partial charge in [-0.15, -0.1) is 0 Å². The number of ether oxygens (including phenoxy) is 2. The molecule has 7 nitrogen and oxygen atoms in total. The van der Waals surface area contributed by atoms with Crippen molar-refractivity contribution in [3.8, 4) is 5.75 Å². The molecule has 1 aliphatic heterocycles. The molecule has 0 unspecified atom stereocenters. The summed E-state index contributed by atoms with van der Waals surface area (Å²) in [6.07, 6.45) is 6.29. The number of aromatic hydroxyl groups is 1. The molecule has 1 aliphatic rings. The first kappa shape index (κ1) is 38.0. The molecule has 0 aromatic heterocycles. The Hall–Kier alpha value is -3.48. The summed E-state index contributed by atoms with van der Waals surface area (Å²) in [4.78, 5) is 29.3. The fourth-order valence-corrected chi connectivity index (χ4v) is 5.90. The van der Waals surface area contributed by atoms with E-state index in [1.54, 1.807) is 13.8 Å². The van der Waals surface area contributed by atoms with Gasteiger partial charge in [-0.25, -0.2) is 9.59 Å². The van der Waals surface area contributed by atoms with Crippen LogP contribution in [0.1, 0.15) is 137 Å². The number of unbranched alkanes of at least 4 members (excludes halogenated alkanes) is 4. The molecule has 0 amide bonds. The van der Waals surface area contributed by atoms with Gasteiger partial charge in [-0.2, -0.15) is 0 Å². The van der Waals surface area contributed by atoms with Crippen molar-refractivity contribution in [3.05, 3.63) is 70.0 Å². The monoisotopic (exact) mass is 648 g/mol. The van der Waals surface area contributed by atoms with Crippen LogP contribution in [0.4, 0.5) is 5.69 Å². The largest absolute Gasteiger partial charge is 0.507 e. The lowest BCUT2D eigenvalue weighted by molar-refractivity contribution is -0.222. The number of hydrogen-bond donors (Lipinski definition) is 2. The summed E-state index contributed by atoms with van der Waals surface area (Å²) in [5, 5.41) is 14.9. The zero-order valence-electron chi connectivity index (χ0n) is 31.1. The number of anilines is 1. The molecule has 0 atom stereocenters. The summed E-state index contributed by atoms with van der Waals surface area (Å²) in [5.74, 6) is -2.22. The summed E-state index contributed by atoms with van der Waals surface area (Å²) in [5.41, 5.74) is 3.81. The zero-order chi connectivity index (χ0) is 35.4. The second kappa shape index (κ2) is 14.7. The fraction of sp³-hybridized carbons (Fsp3) is 0.600. The van der Waals surface area contributed by atoms with Crippen LogP contribution in [0, 0.1) is 5.41 Å². The highest BCUT2D eigenvalue weighted by Gasteiger charge is 2.42.